The zero-order valence-electron chi connectivity index (χ0n) is 10.1. The predicted octanol–water partition coefficient (Wildman–Crippen LogP) is 2.08. The van der Waals surface area contributed by atoms with E-state index in [4.69, 9.17) is 11.6 Å². The fraction of sp³-hybridized carbons (Fsp3) is 0.143. The van der Waals surface area contributed by atoms with Crippen LogP contribution >= 0.6 is 11.6 Å². The lowest BCUT2D eigenvalue weighted by molar-refractivity contribution is 0.0952. The van der Waals surface area contributed by atoms with Crippen molar-refractivity contribution < 1.29 is 4.79 Å². The Kier molecular flexibility index (Phi) is 4.36. The molecule has 1 amide bonds. The summed E-state index contributed by atoms with van der Waals surface area (Å²) in [5, 5.41) is 2.32. The average Bonchev–Trinajstić information content (AvgIpc) is 2.46. The molecule has 0 radical (unpaired) electrons. The SMILES string of the molecule is O=C(NCC(Cl)c1ccccc1)c1c[nH]ccc1=O. The number of carbonyl (C=O) groups is 1. The molecule has 1 unspecified atom stereocenters. The van der Waals surface area contributed by atoms with Crippen molar-refractivity contribution in [1.82, 2.24) is 10.3 Å². The number of benzene rings is 1. The minimum atomic E-state index is -0.427. The Morgan fingerprint density at radius 1 is 1.26 bits per heavy atom. The van der Waals surface area contributed by atoms with Crippen molar-refractivity contribution in [3.63, 3.8) is 0 Å². The maximum Gasteiger partial charge on any atom is 0.256 e. The van der Waals surface area contributed by atoms with Crippen molar-refractivity contribution in [2.24, 2.45) is 0 Å². The number of hydrogen-bond donors (Lipinski definition) is 2. The van der Waals surface area contributed by atoms with E-state index in [1.54, 1.807) is 0 Å². The van der Waals surface area contributed by atoms with E-state index >= 15 is 0 Å². The molecule has 98 valence electrons. The lowest BCUT2D eigenvalue weighted by atomic mass is 10.1. The van der Waals surface area contributed by atoms with Crippen LogP contribution in [0.5, 0.6) is 0 Å². The zero-order chi connectivity index (χ0) is 13.7. The van der Waals surface area contributed by atoms with Crippen LogP contribution in [-0.4, -0.2) is 17.4 Å². The molecule has 0 aliphatic heterocycles. The number of H-pyrrole nitrogens is 1. The molecule has 1 aromatic heterocycles. The van der Waals surface area contributed by atoms with Gasteiger partial charge in [-0.3, -0.25) is 9.59 Å². The van der Waals surface area contributed by atoms with Crippen LogP contribution in [-0.2, 0) is 0 Å². The molecule has 1 atom stereocenters. The van der Waals surface area contributed by atoms with Gasteiger partial charge in [-0.25, -0.2) is 0 Å². The van der Waals surface area contributed by atoms with Gasteiger partial charge >= 0.3 is 0 Å². The van der Waals surface area contributed by atoms with Crippen LogP contribution in [0.15, 0.2) is 53.6 Å². The van der Waals surface area contributed by atoms with Crippen LogP contribution in [0.2, 0.25) is 0 Å². The molecular formula is C14H13ClN2O2. The molecular weight excluding hydrogens is 264 g/mol. The molecule has 2 aromatic rings. The standard InChI is InChI=1S/C14H13ClN2O2/c15-12(10-4-2-1-3-5-10)9-17-14(19)11-8-16-7-6-13(11)18/h1-8,12H,9H2,(H,16,18)(H,17,19). The molecule has 2 rings (SSSR count). The molecule has 0 bridgehead atoms. The highest BCUT2D eigenvalue weighted by molar-refractivity contribution is 6.21. The summed E-state index contributed by atoms with van der Waals surface area (Å²) in [5.74, 6) is -0.427. The number of halogens is 1. The quantitative estimate of drug-likeness (QED) is 0.840. The van der Waals surface area contributed by atoms with Gasteiger partial charge in [0, 0.05) is 25.0 Å². The van der Waals surface area contributed by atoms with Crippen molar-refractivity contribution in [1.29, 1.82) is 0 Å². The Morgan fingerprint density at radius 3 is 2.68 bits per heavy atom. The molecule has 1 heterocycles. The van der Waals surface area contributed by atoms with Gasteiger partial charge in [0.1, 0.15) is 5.56 Å². The topological polar surface area (TPSA) is 62.0 Å². The fourth-order valence-electron chi connectivity index (χ4n) is 1.65. The maximum atomic E-state index is 11.8. The second kappa shape index (κ2) is 6.20. The Bertz CT molecular complexity index is 610. The summed E-state index contributed by atoms with van der Waals surface area (Å²) in [4.78, 5) is 26.0. The lowest BCUT2D eigenvalue weighted by Gasteiger charge is -2.10. The van der Waals surface area contributed by atoms with Crippen molar-refractivity contribution in [2.75, 3.05) is 6.54 Å². The van der Waals surface area contributed by atoms with E-state index in [0.717, 1.165) is 5.56 Å². The van der Waals surface area contributed by atoms with Gasteiger partial charge in [0.2, 0.25) is 0 Å². The third kappa shape index (κ3) is 3.45. The van der Waals surface area contributed by atoms with E-state index in [1.807, 2.05) is 30.3 Å². The average molecular weight is 277 g/mol. The minimum absolute atomic E-state index is 0.0828. The van der Waals surface area contributed by atoms with Gasteiger partial charge in [0.15, 0.2) is 5.43 Å². The summed E-state index contributed by atoms with van der Waals surface area (Å²) in [7, 11) is 0. The second-order valence-electron chi connectivity index (χ2n) is 4.01. The third-order valence-corrected chi connectivity index (χ3v) is 3.08. The molecule has 0 fully saturated rings. The first kappa shape index (κ1) is 13.4. The number of carbonyl (C=O) groups excluding carboxylic acids is 1. The number of hydrogen-bond acceptors (Lipinski definition) is 2. The molecule has 0 saturated heterocycles. The van der Waals surface area contributed by atoms with Crippen LogP contribution in [0.25, 0.3) is 0 Å². The van der Waals surface area contributed by atoms with E-state index in [0.29, 0.717) is 0 Å². The summed E-state index contributed by atoms with van der Waals surface area (Å²) in [5.41, 5.74) is 0.688. The summed E-state index contributed by atoms with van der Waals surface area (Å²) in [6.07, 6.45) is 2.86. The smallest absolute Gasteiger partial charge is 0.256 e. The Balaban J connectivity index is 1.98. The van der Waals surface area contributed by atoms with Crippen molar-refractivity contribution >= 4 is 17.5 Å². The molecule has 4 nitrogen and oxygen atoms in total. The monoisotopic (exact) mass is 276 g/mol. The van der Waals surface area contributed by atoms with E-state index in [2.05, 4.69) is 10.3 Å². The van der Waals surface area contributed by atoms with Crippen LogP contribution in [0.4, 0.5) is 0 Å². The van der Waals surface area contributed by atoms with Gasteiger partial charge in [0.05, 0.1) is 5.38 Å². The molecule has 0 spiro atoms. The number of aromatic nitrogens is 1. The Morgan fingerprint density at radius 2 is 2.00 bits per heavy atom. The first-order valence-corrected chi connectivity index (χ1v) is 6.26. The first-order valence-electron chi connectivity index (χ1n) is 5.83. The summed E-state index contributed by atoms with van der Waals surface area (Å²) >= 11 is 6.18. The number of nitrogens with one attached hydrogen (secondary N) is 2. The van der Waals surface area contributed by atoms with E-state index in [9.17, 15) is 9.59 Å². The van der Waals surface area contributed by atoms with Crippen LogP contribution < -0.4 is 10.7 Å². The third-order valence-electron chi connectivity index (χ3n) is 2.67. The van der Waals surface area contributed by atoms with Gasteiger partial charge in [-0.05, 0) is 5.56 Å². The van der Waals surface area contributed by atoms with Crippen molar-refractivity contribution in [3.8, 4) is 0 Å². The van der Waals surface area contributed by atoms with E-state index in [1.165, 1.54) is 18.5 Å². The number of pyridine rings is 1. The molecule has 5 heteroatoms. The maximum absolute atomic E-state index is 11.8. The van der Waals surface area contributed by atoms with E-state index < -0.39 is 5.91 Å². The van der Waals surface area contributed by atoms with E-state index in [-0.39, 0.29) is 22.9 Å². The molecule has 0 saturated carbocycles. The van der Waals surface area contributed by atoms with Gasteiger partial charge in [-0.2, -0.15) is 0 Å². The predicted molar refractivity (Wildman–Crippen MR) is 74.4 cm³/mol. The fourth-order valence-corrected chi connectivity index (χ4v) is 1.87. The normalized spacial score (nSPS) is 11.8. The van der Waals surface area contributed by atoms with Crippen LogP contribution in [0, 0.1) is 0 Å². The Hall–Kier alpha value is -2.07. The summed E-state index contributed by atoms with van der Waals surface area (Å²) in [6, 6.07) is 10.8. The molecule has 1 aromatic carbocycles. The second-order valence-corrected chi connectivity index (χ2v) is 4.54. The van der Waals surface area contributed by atoms with Crippen molar-refractivity contribution in [2.45, 2.75) is 5.38 Å². The zero-order valence-corrected chi connectivity index (χ0v) is 10.9. The van der Waals surface area contributed by atoms with Gasteiger partial charge in [-0.1, -0.05) is 30.3 Å². The highest BCUT2D eigenvalue weighted by Gasteiger charge is 2.12. The van der Waals surface area contributed by atoms with Crippen molar-refractivity contribution in [3.05, 3.63) is 70.1 Å². The molecule has 0 aliphatic rings. The summed E-state index contributed by atoms with van der Waals surface area (Å²) in [6.45, 7) is 0.263. The highest BCUT2D eigenvalue weighted by atomic mass is 35.5. The number of aromatic amines is 1. The largest absolute Gasteiger partial charge is 0.367 e. The minimum Gasteiger partial charge on any atom is -0.367 e. The van der Waals surface area contributed by atoms with Crippen LogP contribution in [0.3, 0.4) is 0 Å². The molecule has 0 aliphatic carbocycles. The van der Waals surface area contributed by atoms with Crippen LogP contribution in [0.1, 0.15) is 21.3 Å². The first-order chi connectivity index (χ1) is 9.18. The lowest BCUT2D eigenvalue weighted by Crippen LogP contribution is -2.30. The van der Waals surface area contributed by atoms with Gasteiger partial charge in [-0.15, -0.1) is 11.6 Å². The highest BCUT2D eigenvalue weighted by Crippen LogP contribution is 2.18. The summed E-state index contributed by atoms with van der Waals surface area (Å²) < 4.78 is 0. The number of alkyl halides is 1. The molecule has 19 heavy (non-hydrogen) atoms. The number of amides is 1. The Labute approximate surface area is 115 Å². The van der Waals surface area contributed by atoms with Gasteiger partial charge < -0.3 is 10.3 Å². The van der Waals surface area contributed by atoms with Gasteiger partial charge in [0.25, 0.3) is 5.91 Å². The number of rotatable bonds is 4. The molecule has 2 N–H and O–H groups in total.